The number of hydrogen-bond acceptors (Lipinski definition) is 1. The van der Waals surface area contributed by atoms with Gasteiger partial charge in [0.15, 0.2) is 0 Å². The van der Waals surface area contributed by atoms with Crippen molar-refractivity contribution in [3.63, 3.8) is 0 Å². The van der Waals surface area contributed by atoms with E-state index in [4.69, 9.17) is 11.6 Å². The van der Waals surface area contributed by atoms with E-state index in [9.17, 15) is 9.18 Å². The summed E-state index contributed by atoms with van der Waals surface area (Å²) in [4.78, 5) is 14.3. The summed E-state index contributed by atoms with van der Waals surface area (Å²) in [5.74, 6) is 0.119. The molecule has 0 radical (unpaired) electrons. The van der Waals surface area contributed by atoms with Crippen LogP contribution < -0.4 is 0 Å². The summed E-state index contributed by atoms with van der Waals surface area (Å²) >= 11 is 8.87. The Labute approximate surface area is 126 Å². The normalized spacial score (nSPS) is 18.9. The number of nitrogens with zero attached hydrogens (tertiary/aromatic N) is 1. The summed E-state index contributed by atoms with van der Waals surface area (Å²) in [5, 5.41) is 0. The van der Waals surface area contributed by atoms with Gasteiger partial charge in [0.2, 0.25) is 0 Å². The Morgan fingerprint density at radius 2 is 2.32 bits per heavy atom. The molecular formula is C14H16BrClFNO. The number of hydrogen-bond donors (Lipinski definition) is 0. The van der Waals surface area contributed by atoms with Crippen molar-refractivity contribution in [3.05, 3.63) is 34.1 Å². The van der Waals surface area contributed by atoms with E-state index in [1.54, 1.807) is 12.1 Å². The molecule has 1 aromatic rings. The third kappa shape index (κ3) is 3.29. The second kappa shape index (κ2) is 6.71. The van der Waals surface area contributed by atoms with Gasteiger partial charge < -0.3 is 4.90 Å². The topological polar surface area (TPSA) is 20.3 Å². The van der Waals surface area contributed by atoms with Crippen molar-refractivity contribution in [1.82, 2.24) is 4.90 Å². The first-order chi connectivity index (χ1) is 9.15. The van der Waals surface area contributed by atoms with Gasteiger partial charge in [-0.1, -0.05) is 6.07 Å². The molecule has 1 heterocycles. The fourth-order valence-electron chi connectivity index (χ4n) is 2.54. The van der Waals surface area contributed by atoms with Crippen LogP contribution in [0.5, 0.6) is 0 Å². The van der Waals surface area contributed by atoms with Crippen LogP contribution in [0.4, 0.5) is 4.39 Å². The fourth-order valence-corrected chi connectivity index (χ4v) is 3.13. The maximum absolute atomic E-state index is 13.5. The molecule has 1 aliphatic rings. The predicted octanol–water partition coefficient (Wildman–Crippen LogP) is 4.21. The van der Waals surface area contributed by atoms with E-state index in [2.05, 4.69) is 15.9 Å². The van der Waals surface area contributed by atoms with Crippen LogP contribution in [0, 0.1) is 5.82 Å². The lowest BCUT2D eigenvalue weighted by atomic mass is 10.1. The zero-order valence-corrected chi connectivity index (χ0v) is 12.9. The van der Waals surface area contributed by atoms with Gasteiger partial charge in [0.1, 0.15) is 5.82 Å². The number of benzene rings is 1. The van der Waals surface area contributed by atoms with Crippen LogP contribution in [0.3, 0.4) is 0 Å². The molecule has 1 aliphatic heterocycles. The largest absolute Gasteiger partial charge is 0.336 e. The first-order valence-electron chi connectivity index (χ1n) is 6.46. The Morgan fingerprint density at radius 3 is 3.05 bits per heavy atom. The van der Waals surface area contributed by atoms with Crippen molar-refractivity contribution in [2.45, 2.75) is 31.7 Å². The summed E-state index contributed by atoms with van der Waals surface area (Å²) in [5.41, 5.74) is 0.401. The Kier molecular flexibility index (Phi) is 5.22. The number of carbonyl (C=O) groups is 1. The summed E-state index contributed by atoms with van der Waals surface area (Å²) < 4.78 is 13.7. The number of likely N-dealkylation sites (tertiary alicyclic amines) is 1. The van der Waals surface area contributed by atoms with Gasteiger partial charge in [-0.05, 0) is 53.7 Å². The second-order valence-electron chi connectivity index (χ2n) is 4.73. The second-order valence-corrected chi connectivity index (χ2v) is 5.90. The highest BCUT2D eigenvalue weighted by molar-refractivity contribution is 9.10. The number of carbonyl (C=O) groups excluding carboxylic acids is 1. The molecule has 1 saturated heterocycles. The molecule has 1 atom stereocenters. The molecular weight excluding hydrogens is 333 g/mol. The highest BCUT2D eigenvalue weighted by Gasteiger charge is 2.30. The zero-order valence-electron chi connectivity index (χ0n) is 10.5. The highest BCUT2D eigenvalue weighted by Crippen LogP contribution is 2.27. The molecule has 2 rings (SSSR count). The fraction of sp³-hybridized carbons (Fsp3) is 0.500. The monoisotopic (exact) mass is 347 g/mol. The van der Waals surface area contributed by atoms with E-state index in [1.807, 2.05) is 4.90 Å². The lowest BCUT2D eigenvalue weighted by molar-refractivity contribution is 0.0728. The van der Waals surface area contributed by atoms with Crippen LogP contribution in [-0.4, -0.2) is 29.3 Å². The summed E-state index contributed by atoms with van der Waals surface area (Å²) in [6.07, 6.45) is 3.84. The SMILES string of the molecule is O=C(c1cccc(F)c1Br)N1CCCC1CCCCl. The van der Waals surface area contributed by atoms with Gasteiger partial charge in [0.05, 0.1) is 10.0 Å². The predicted molar refractivity (Wildman–Crippen MR) is 78.1 cm³/mol. The zero-order chi connectivity index (χ0) is 13.8. The minimum absolute atomic E-state index is 0.0940. The quantitative estimate of drug-likeness (QED) is 0.746. The molecule has 19 heavy (non-hydrogen) atoms. The van der Waals surface area contributed by atoms with Crippen LogP contribution in [0.15, 0.2) is 22.7 Å². The highest BCUT2D eigenvalue weighted by atomic mass is 79.9. The van der Waals surface area contributed by atoms with E-state index < -0.39 is 5.82 Å². The minimum atomic E-state index is -0.401. The molecule has 1 amide bonds. The minimum Gasteiger partial charge on any atom is -0.336 e. The molecule has 0 saturated carbocycles. The Bertz CT molecular complexity index is 469. The molecule has 0 bridgehead atoms. The van der Waals surface area contributed by atoms with Gasteiger partial charge in [-0.15, -0.1) is 11.6 Å². The third-order valence-electron chi connectivity index (χ3n) is 3.49. The maximum atomic E-state index is 13.5. The van der Waals surface area contributed by atoms with E-state index in [-0.39, 0.29) is 16.4 Å². The van der Waals surface area contributed by atoms with Gasteiger partial charge >= 0.3 is 0 Å². The Balaban J connectivity index is 2.16. The van der Waals surface area contributed by atoms with Gasteiger partial charge in [-0.3, -0.25) is 4.79 Å². The molecule has 1 unspecified atom stereocenters. The molecule has 5 heteroatoms. The molecule has 0 N–H and O–H groups in total. The van der Waals surface area contributed by atoms with Gasteiger partial charge in [-0.2, -0.15) is 0 Å². The molecule has 1 aromatic carbocycles. The van der Waals surface area contributed by atoms with Crippen molar-refractivity contribution < 1.29 is 9.18 Å². The van der Waals surface area contributed by atoms with Crippen LogP contribution in [0.25, 0.3) is 0 Å². The summed E-state index contributed by atoms with van der Waals surface area (Å²) in [7, 11) is 0. The average Bonchev–Trinajstić information content (AvgIpc) is 2.87. The standard InChI is InChI=1S/C14H16BrClFNO/c15-13-11(6-1-7-12(13)17)14(19)18-9-3-5-10(18)4-2-8-16/h1,6-7,10H,2-5,8-9H2. The van der Waals surface area contributed by atoms with Crippen LogP contribution in [0.2, 0.25) is 0 Å². The van der Waals surface area contributed by atoms with Crippen LogP contribution >= 0.6 is 27.5 Å². The number of halogens is 3. The van der Waals surface area contributed by atoms with Crippen molar-refractivity contribution in [2.75, 3.05) is 12.4 Å². The van der Waals surface area contributed by atoms with Gasteiger partial charge in [0.25, 0.3) is 5.91 Å². The smallest absolute Gasteiger partial charge is 0.255 e. The van der Waals surface area contributed by atoms with Gasteiger partial charge in [-0.25, -0.2) is 4.39 Å². The lowest BCUT2D eigenvalue weighted by Gasteiger charge is -2.25. The van der Waals surface area contributed by atoms with Crippen molar-refractivity contribution >= 4 is 33.4 Å². The van der Waals surface area contributed by atoms with Crippen LogP contribution in [0.1, 0.15) is 36.0 Å². The number of alkyl halides is 1. The van der Waals surface area contributed by atoms with E-state index in [0.717, 1.165) is 32.2 Å². The molecule has 0 spiro atoms. The van der Waals surface area contributed by atoms with Crippen molar-refractivity contribution in [1.29, 1.82) is 0 Å². The molecule has 1 fully saturated rings. The Hall–Kier alpha value is -0.610. The lowest BCUT2D eigenvalue weighted by Crippen LogP contribution is -2.35. The van der Waals surface area contributed by atoms with Crippen molar-refractivity contribution in [3.8, 4) is 0 Å². The van der Waals surface area contributed by atoms with E-state index in [1.165, 1.54) is 6.07 Å². The molecule has 104 valence electrons. The number of rotatable bonds is 4. The number of amides is 1. The van der Waals surface area contributed by atoms with Crippen molar-refractivity contribution in [2.24, 2.45) is 0 Å². The summed E-state index contributed by atoms with van der Waals surface area (Å²) in [6.45, 7) is 0.745. The molecule has 0 aliphatic carbocycles. The first-order valence-corrected chi connectivity index (χ1v) is 7.79. The van der Waals surface area contributed by atoms with E-state index in [0.29, 0.717) is 11.4 Å². The van der Waals surface area contributed by atoms with Crippen LogP contribution in [-0.2, 0) is 0 Å². The van der Waals surface area contributed by atoms with E-state index >= 15 is 0 Å². The summed E-state index contributed by atoms with van der Waals surface area (Å²) in [6, 6.07) is 4.81. The first kappa shape index (κ1) is 14.8. The maximum Gasteiger partial charge on any atom is 0.255 e. The molecule has 0 aromatic heterocycles. The molecule has 2 nitrogen and oxygen atoms in total. The average molecular weight is 349 g/mol. The Morgan fingerprint density at radius 1 is 1.53 bits per heavy atom. The third-order valence-corrected chi connectivity index (χ3v) is 4.56. The van der Waals surface area contributed by atoms with Gasteiger partial charge in [0, 0.05) is 18.5 Å².